The summed E-state index contributed by atoms with van der Waals surface area (Å²) in [7, 11) is 0. The van der Waals surface area contributed by atoms with Crippen LogP contribution in [-0.2, 0) is 4.79 Å². The molecule has 1 aromatic rings. The lowest BCUT2D eigenvalue weighted by molar-refractivity contribution is -0.127. The van der Waals surface area contributed by atoms with E-state index in [2.05, 4.69) is 0 Å². The first-order valence-electron chi connectivity index (χ1n) is 8.62. The molecule has 23 heavy (non-hydrogen) atoms. The summed E-state index contributed by atoms with van der Waals surface area (Å²) in [5.74, 6) is 0.851. The number of hydrogen-bond acceptors (Lipinski definition) is 3. The molecule has 1 saturated heterocycles. The maximum Gasteiger partial charge on any atom is 0.246 e. The van der Waals surface area contributed by atoms with Crippen LogP contribution in [0.3, 0.4) is 0 Å². The number of nitrogens with zero attached hydrogens (tertiary/aromatic N) is 1. The van der Waals surface area contributed by atoms with Gasteiger partial charge in [0.2, 0.25) is 5.91 Å². The first kappa shape index (κ1) is 16.1. The van der Waals surface area contributed by atoms with E-state index < -0.39 is 0 Å². The van der Waals surface area contributed by atoms with Crippen LogP contribution < -0.4 is 4.74 Å². The smallest absolute Gasteiger partial charge is 0.246 e. The fraction of sp³-hybridized carbons (Fsp3) is 0.526. The molecule has 2 aliphatic rings. The SMILES string of the molecule is O=C(/C=C/c1cccc(OC2CCCC2)c1)N1CCC[C@@H]1CO. The number of benzene rings is 1. The molecule has 1 aliphatic heterocycles. The number of aliphatic hydroxyl groups is 1. The predicted octanol–water partition coefficient (Wildman–Crippen LogP) is 3.00. The zero-order valence-electron chi connectivity index (χ0n) is 13.5. The van der Waals surface area contributed by atoms with E-state index in [4.69, 9.17) is 4.74 Å². The molecule has 1 aliphatic carbocycles. The maximum atomic E-state index is 12.2. The number of hydrogen-bond donors (Lipinski definition) is 1. The van der Waals surface area contributed by atoms with E-state index >= 15 is 0 Å². The number of amides is 1. The third-order valence-electron chi connectivity index (χ3n) is 4.75. The molecule has 0 bridgehead atoms. The van der Waals surface area contributed by atoms with Crippen LogP contribution in [0.15, 0.2) is 30.3 Å². The third-order valence-corrected chi connectivity index (χ3v) is 4.75. The highest BCUT2D eigenvalue weighted by Crippen LogP contribution is 2.25. The van der Waals surface area contributed by atoms with Crippen molar-refractivity contribution in [2.45, 2.75) is 50.7 Å². The number of aliphatic hydroxyl groups excluding tert-OH is 1. The molecule has 0 unspecified atom stereocenters. The summed E-state index contributed by atoms with van der Waals surface area (Å²) in [4.78, 5) is 14.0. The molecule has 1 saturated carbocycles. The van der Waals surface area contributed by atoms with Crippen molar-refractivity contribution in [1.29, 1.82) is 0 Å². The molecule has 0 radical (unpaired) electrons. The van der Waals surface area contributed by atoms with Gasteiger partial charge in [-0.25, -0.2) is 0 Å². The molecule has 1 aromatic carbocycles. The maximum absolute atomic E-state index is 12.2. The molecule has 1 atom stereocenters. The minimum Gasteiger partial charge on any atom is -0.490 e. The van der Waals surface area contributed by atoms with Crippen molar-refractivity contribution in [1.82, 2.24) is 4.90 Å². The van der Waals surface area contributed by atoms with Gasteiger partial charge < -0.3 is 14.7 Å². The van der Waals surface area contributed by atoms with Crippen molar-refractivity contribution in [3.8, 4) is 5.75 Å². The highest BCUT2D eigenvalue weighted by Gasteiger charge is 2.26. The second-order valence-electron chi connectivity index (χ2n) is 6.44. The third kappa shape index (κ3) is 4.14. The minimum atomic E-state index is -0.0244. The van der Waals surface area contributed by atoms with Crippen molar-refractivity contribution >= 4 is 12.0 Å². The Bertz CT molecular complexity index is 563. The summed E-state index contributed by atoms with van der Waals surface area (Å²) >= 11 is 0. The molecule has 0 spiro atoms. The van der Waals surface area contributed by atoms with E-state index in [1.54, 1.807) is 11.0 Å². The summed E-state index contributed by atoms with van der Waals surface area (Å²) < 4.78 is 5.99. The Morgan fingerprint density at radius 1 is 1.26 bits per heavy atom. The summed E-state index contributed by atoms with van der Waals surface area (Å²) in [6, 6.07) is 7.86. The fourth-order valence-corrected chi connectivity index (χ4v) is 3.47. The average molecular weight is 315 g/mol. The van der Waals surface area contributed by atoms with Crippen LogP contribution in [0.4, 0.5) is 0 Å². The number of carbonyl (C=O) groups is 1. The molecule has 4 heteroatoms. The summed E-state index contributed by atoms with van der Waals surface area (Å²) in [5.41, 5.74) is 0.966. The van der Waals surface area contributed by atoms with E-state index in [0.29, 0.717) is 6.10 Å². The fourth-order valence-electron chi connectivity index (χ4n) is 3.47. The monoisotopic (exact) mass is 315 g/mol. The topological polar surface area (TPSA) is 49.8 Å². The molecule has 1 amide bonds. The summed E-state index contributed by atoms with van der Waals surface area (Å²) in [6.07, 6.45) is 10.4. The van der Waals surface area contributed by atoms with Crippen molar-refractivity contribution in [2.24, 2.45) is 0 Å². The van der Waals surface area contributed by atoms with Crippen LogP contribution in [0.2, 0.25) is 0 Å². The van der Waals surface area contributed by atoms with E-state index in [9.17, 15) is 9.90 Å². The largest absolute Gasteiger partial charge is 0.490 e. The lowest BCUT2D eigenvalue weighted by atomic mass is 10.2. The first-order chi connectivity index (χ1) is 11.3. The van der Waals surface area contributed by atoms with Crippen LogP contribution in [0.25, 0.3) is 6.08 Å². The average Bonchev–Trinajstić information content (AvgIpc) is 3.24. The Balaban J connectivity index is 1.61. The Hall–Kier alpha value is -1.81. The quantitative estimate of drug-likeness (QED) is 0.850. The molecular formula is C19H25NO3. The van der Waals surface area contributed by atoms with Gasteiger partial charge in [-0.3, -0.25) is 4.79 Å². The van der Waals surface area contributed by atoms with Gasteiger partial charge in [-0.05, 0) is 62.3 Å². The van der Waals surface area contributed by atoms with Crippen LogP contribution in [0, 0.1) is 0 Å². The highest BCUT2D eigenvalue weighted by molar-refractivity contribution is 5.92. The number of ether oxygens (including phenoxy) is 1. The molecule has 0 aromatic heterocycles. The van der Waals surface area contributed by atoms with Crippen molar-refractivity contribution < 1.29 is 14.6 Å². The van der Waals surface area contributed by atoms with Gasteiger partial charge in [-0.15, -0.1) is 0 Å². The van der Waals surface area contributed by atoms with Gasteiger partial charge in [0.1, 0.15) is 5.75 Å². The van der Waals surface area contributed by atoms with Crippen LogP contribution >= 0.6 is 0 Å². The van der Waals surface area contributed by atoms with Crippen molar-refractivity contribution in [3.05, 3.63) is 35.9 Å². The normalized spacial score (nSPS) is 22.1. The lowest BCUT2D eigenvalue weighted by Crippen LogP contribution is -2.36. The molecule has 4 nitrogen and oxygen atoms in total. The second kappa shape index (κ2) is 7.64. The lowest BCUT2D eigenvalue weighted by Gasteiger charge is -2.21. The van der Waals surface area contributed by atoms with Crippen LogP contribution in [0.1, 0.15) is 44.1 Å². The van der Waals surface area contributed by atoms with E-state index in [1.165, 1.54) is 12.8 Å². The zero-order valence-corrected chi connectivity index (χ0v) is 13.5. The molecule has 1 heterocycles. The van der Waals surface area contributed by atoms with Crippen molar-refractivity contribution in [3.63, 3.8) is 0 Å². The van der Waals surface area contributed by atoms with E-state index in [0.717, 1.165) is 43.5 Å². The van der Waals surface area contributed by atoms with Gasteiger partial charge in [-0.2, -0.15) is 0 Å². The minimum absolute atomic E-state index is 0.0239. The molecule has 124 valence electrons. The first-order valence-corrected chi connectivity index (χ1v) is 8.62. The Kier molecular flexibility index (Phi) is 5.34. The Labute approximate surface area is 137 Å². The summed E-state index contributed by atoms with van der Waals surface area (Å²) in [6.45, 7) is 0.781. The standard InChI is InChI=1S/C19H25NO3/c21-14-16-6-4-12-20(16)19(22)11-10-15-5-3-9-18(13-15)23-17-7-1-2-8-17/h3,5,9-11,13,16-17,21H,1-2,4,6-8,12,14H2/b11-10+/t16-/m1/s1. The number of carbonyl (C=O) groups excluding carboxylic acids is 1. The van der Waals surface area contributed by atoms with Gasteiger partial charge in [0.25, 0.3) is 0 Å². The molecular weight excluding hydrogens is 290 g/mol. The van der Waals surface area contributed by atoms with E-state index in [-0.39, 0.29) is 18.6 Å². The Morgan fingerprint density at radius 3 is 2.87 bits per heavy atom. The van der Waals surface area contributed by atoms with Crippen LogP contribution in [0.5, 0.6) is 5.75 Å². The summed E-state index contributed by atoms with van der Waals surface area (Å²) in [5, 5.41) is 9.31. The van der Waals surface area contributed by atoms with Gasteiger partial charge in [0.15, 0.2) is 0 Å². The highest BCUT2D eigenvalue weighted by atomic mass is 16.5. The molecule has 3 rings (SSSR count). The van der Waals surface area contributed by atoms with E-state index in [1.807, 2.05) is 30.3 Å². The number of rotatable bonds is 5. The zero-order chi connectivity index (χ0) is 16.1. The van der Waals surface area contributed by atoms with Gasteiger partial charge >= 0.3 is 0 Å². The van der Waals surface area contributed by atoms with Crippen LogP contribution in [-0.4, -0.2) is 41.2 Å². The predicted molar refractivity (Wildman–Crippen MR) is 90.2 cm³/mol. The molecule has 2 fully saturated rings. The molecule has 1 N–H and O–H groups in total. The Morgan fingerprint density at radius 2 is 2.09 bits per heavy atom. The second-order valence-corrected chi connectivity index (χ2v) is 6.44. The number of likely N-dealkylation sites (tertiary alicyclic amines) is 1. The van der Waals surface area contributed by atoms with Crippen molar-refractivity contribution in [2.75, 3.05) is 13.2 Å². The van der Waals surface area contributed by atoms with Gasteiger partial charge in [0, 0.05) is 12.6 Å². The van der Waals surface area contributed by atoms with Gasteiger partial charge in [0.05, 0.1) is 18.8 Å². The van der Waals surface area contributed by atoms with Gasteiger partial charge in [-0.1, -0.05) is 12.1 Å².